The van der Waals surface area contributed by atoms with E-state index in [0.29, 0.717) is 6.42 Å². The molecule has 12 nitrogen and oxygen atoms in total. The molecule has 3 N–H and O–H groups in total. The van der Waals surface area contributed by atoms with Crippen LogP contribution in [0.4, 0.5) is 11.5 Å². The summed E-state index contributed by atoms with van der Waals surface area (Å²) in [5.74, 6) is -0.714. The fraction of sp³-hybridized carbons (Fsp3) is 0.542. The Balaban J connectivity index is 1.96. The van der Waals surface area contributed by atoms with E-state index in [0.717, 1.165) is 11.3 Å². The largest absolute Gasteiger partial charge is 0.383 e. The van der Waals surface area contributed by atoms with Gasteiger partial charge in [0.15, 0.2) is 5.69 Å². The molecule has 13 heteroatoms. The van der Waals surface area contributed by atoms with E-state index in [2.05, 4.69) is 4.98 Å². The minimum Gasteiger partial charge on any atom is -0.383 e. The summed E-state index contributed by atoms with van der Waals surface area (Å²) in [7, 11) is -2.34. The molecule has 1 aromatic heterocycles. The van der Waals surface area contributed by atoms with Crippen molar-refractivity contribution in [2.24, 2.45) is 0 Å². The lowest BCUT2D eigenvalue weighted by molar-refractivity contribution is -0.0440. The van der Waals surface area contributed by atoms with Crippen molar-refractivity contribution in [1.82, 2.24) is 13.9 Å². The van der Waals surface area contributed by atoms with Crippen molar-refractivity contribution >= 4 is 27.4 Å². The molecule has 2 aromatic rings. The summed E-state index contributed by atoms with van der Waals surface area (Å²) in [5, 5.41) is 0. The Kier molecular flexibility index (Phi) is 9.29. The first-order valence-electron chi connectivity index (χ1n) is 12.2. The number of morpholine rings is 1. The molecule has 1 aliphatic rings. The van der Waals surface area contributed by atoms with Crippen LogP contribution in [0.1, 0.15) is 44.0 Å². The maximum Gasteiger partial charge on any atom is 0.330 e. The van der Waals surface area contributed by atoms with E-state index in [1.54, 1.807) is 0 Å². The summed E-state index contributed by atoms with van der Waals surface area (Å²) in [6.45, 7) is 6.40. The molecule has 0 aliphatic carbocycles. The highest BCUT2D eigenvalue weighted by atomic mass is 32.2. The minimum atomic E-state index is -3.79. The summed E-state index contributed by atoms with van der Waals surface area (Å²) in [6, 6.07) is 5.49. The van der Waals surface area contributed by atoms with Gasteiger partial charge in [0.05, 0.1) is 23.7 Å². The van der Waals surface area contributed by atoms with Gasteiger partial charge in [-0.2, -0.15) is 4.31 Å². The highest BCUT2D eigenvalue weighted by molar-refractivity contribution is 7.89. The quantitative estimate of drug-likeness (QED) is 0.455. The molecule has 1 saturated heterocycles. The van der Waals surface area contributed by atoms with Crippen LogP contribution in [0.3, 0.4) is 0 Å². The van der Waals surface area contributed by atoms with Gasteiger partial charge in [0, 0.05) is 38.9 Å². The SMILES string of the molecule is CCCCn1c(N)c(N(CCOC)C(=O)c2ccc(S(=O)(=O)N3C[C@@H](C)O[C@@H](C)C3)cc2)c(=O)[nH]c1=O. The van der Waals surface area contributed by atoms with Gasteiger partial charge in [-0.15, -0.1) is 0 Å². The number of nitrogens with two attached hydrogens (primary N) is 1. The van der Waals surface area contributed by atoms with Gasteiger partial charge in [-0.25, -0.2) is 13.2 Å². The van der Waals surface area contributed by atoms with Crippen LogP contribution in [0.2, 0.25) is 0 Å². The number of nitrogens with one attached hydrogen (secondary N) is 1. The summed E-state index contributed by atoms with van der Waals surface area (Å²) in [4.78, 5) is 42.0. The first kappa shape index (κ1) is 28.6. The fourth-order valence-corrected chi connectivity index (χ4v) is 5.87. The summed E-state index contributed by atoms with van der Waals surface area (Å²) >= 11 is 0. The normalized spacial score (nSPS) is 18.6. The van der Waals surface area contributed by atoms with Crippen LogP contribution in [0, 0.1) is 0 Å². The first-order chi connectivity index (χ1) is 17.5. The molecule has 3 rings (SSSR count). The van der Waals surface area contributed by atoms with Crippen molar-refractivity contribution < 1.29 is 22.7 Å². The summed E-state index contributed by atoms with van der Waals surface area (Å²) in [5.41, 5.74) is 4.75. The summed E-state index contributed by atoms with van der Waals surface area (Å²) in [6.07, 6.45) is 0.971. The number of H-pyrrole nitrogens is 1. The van der Waals surface area contributed by atoms with Gasteiger partial charge in [0.1, 0.15) is 5.82 Å². The number of benzene rings is 1. The van der Waals surface area contributed by atoms with Gasteiger partial charge in [0.2, 0.25) is 10.0 Å². The van der Waals surface area contributed by atoms with E-state index in [-0.39, 0.29) is 67.0 Å². The number of aromatic nitrogens is 2. The Bertz CT molecular complexity index is 1310. The zero-order chi connectivity index (χ0) is 27.3. The number of hydrogen-bond donors (Lipinski definition) is 2. The van der Waals surface area contributed by atoms with Gasteiger partial charge < -0.3 is 15.2 Å². The van der Waals surface area contributed by atoms with E-state index in [1.807, 2.05) is 20.8 Å². The lowest BCUT2D eigenvalue weighted by Gasteiger charge is -2.34. The standard InChI is InChI=1S/C24H35N5O7S/c1-5-6-11-29-21(25)20(22(30)26-24(29)32)28(12-13-35-4)23(31)18-7-9-19(10-8-18)37(33,34)27-14-16(2)36-17(3)15-27/h7-10,16-17H,5-6,11-15,25H2,1-4H3,(H,26,30,32)/t16-,17+. The van der Waals surface area contributed by atoms with Crippen LogP contribution in [0.5, 0.6) is 0 Å². The molecular weight excluding hydrogens is 502 g/mol. The maximum atomic E-state index is 13.5. The molecule has 0 bridgehead atoms. The smallest absolute Gasteiger partial charge is 0.330 e. The number of carbonyl (C=O) groups excluding carboxylic acids is 1. The van der Waals surface area contributed by atoms with Crippen molar-refractivity contribution in [3.8, 4) is 0 Å². The van der Waals surface area contributed by atoms with Crippen LogP contribution in [0.15, 0.2) is 38.8 Å². The van der Waals surface area contributed by atoms with E-state index in [1.165, 1.54) is 40.2 Å². The van der Waals surface area contributed by atoms with Crippen LogP contribution < -0.4 is 21.9 Å². The fourth-order valence-electron chi connectivity index (χ4n) is 4.28. The second-order valence-electron chi connectivity index (χ2n) is 9.05. The molecule has 1 aromatic carbocycles. The van der Waals surface area contributed by atoms with Crippen molar-refractivity contribution in [1.29, 1.82) is 0 Å². The van der Waals surface area contributed by atoms with Crippen molar-refractivity contribution in [3.05, 3.63) is 50.7 Å². The van der Waals surface area contributed by atoms with E-state index >= 15 is 0 Å². The van der Waals surface area contributed by atoms with Crippen LogP contribution in [-0.2, 0) is 26.0 Å². The molecule has 1 fully saturated rings. The monoisotopic (exact) mass is 537 g/mol. The molecule has 1 aliphatic heterocycles. The number of nitrogens with zero attached hydrogens (tertiary/aromatic N) is 3. The molecular formula is C24H35N5O7S. The number of sulfonamides is 1. The number of rotatable bonds is 10. The molecule has 37 heavy (non-hydrogen) atoms. The Morgan fingerprint density at radius 3 is 2.38 bits per heavy atom. The molecule has 0 unspecified atom stereocenters. The Hall–Kier alpha value is -3.00. The molecule has 0 saturated carbocycles. The average Bonchev–Trinajstić information content (AvgIpc) is 2.85. The lowest BCUT2D eigenvalue weighted by atomic mass is 10.2. The highest BCUT2D eigenvalue weighted by Crippen LogP contribution is 2.24. The first-order valence-corrected chi connectivity index (χ1v) is 13.6. The van der Waals surface area contributed by atoms with Gasteiger partial charge in [-0.1, -0.05) is 13.3 Å². The maximum absolute atomic E-state index is 13.5. The van der Waals surface area contributed by atoms with Gasteiger partial charge in [0.25, 0.3) is 11.5 Å². The van der Waals surface area contributed by atoms with Gasteiger partial charge >= 0.3 is 5.69 Å². The predicted molar refractivity (Wildman–Crippen MR) is 139 cm³/mol. The third kappa shape index (κ3) is 6.29. The highest BCUT2D eigenvalue weighted by Gasteiger charge is 2.32. The molecule has 204 valence electrons. The van der Waals surface area contributed by atoms with Gasteiger partial charge in [-0.3, -0.25) is 24.0 Å². The number of ether oxygens (including phenoxy) is 2. The molecule has 0 spiro atoms. The topological polar surface area (TPSA) is 157 Å². The average molecular weight is 538 g/mol. The summed E-state index contributed by atoms with van der Waals surface area (Å²) < 4.78 is 39.7. The number of methoxy groups -OCH3 is 1. The predicted octanol–water partition coefficient (Wildman–Crippen LogP) is 1.01. The van der Waals surface area contributed by atoms with E-state index in [9.17, 15) is 22.8 Å². The second-order valence-corrected chi connectivity index (χ2v) is 11.0. The number of hydrogen-bond acceptors (Lipinski definition) is 8. The Morgan fingerprint density at radius 2 is 1.81 bits per heavy atom. The zero-order valence-corrected chi connectivity index (χ0v) is 22.4. The number of anilines is 2. The third-order valence-electron chi connectivity index (χ3n) is 6.11. The van der Waals surface area contributed by atoms with Crippen LogP contribution in [0.25, 0.3) is 0 Å². The number of nitrogen functional groups attached to an aromatic ring is 1. The number of unbranched alkanes of at least 4 members (excludes halogenated alkanes) is 1. The Morgan fingerprint density at radius 1 is 1.19 bits per heavy atom. The third-order valence-corrected chi connectivity index (χ3v) is 7.95. The number of amides is 1. The molecule has 0 radical (unpaired) electrons. The van der Waals surface area contributed by atoms with Crippen molar-refractivity contribution in [3.63, 3.8) is 0 Å². The van der Waals surface area contributed by atoms with Crippen LogP contribution >= 0.6 is 0 Å². The minimum absolute atomic E-state index is 0.0157. The second kappa shape index (κ2) is 12.0. The molecule has 2 heterocycles. The lowest BCUT2D eigenvalue weighted by Crippen LogP contribution is -2.48. The number of carbonyl (C=O) groups is 1. The van der Waals surface area contributed by atoms with Crippen molar-refractivity contribution in [2.45, 2.75) is 57.3 Å². The molecule has 2 atom stereocenters. The van der Waals surface area contributed by atoms with E-state index in [4.69, 9.17) is 15.2 Å². The van der Waals surface area contributed by atoms with Crippen LogP contribution in [-0.4, -0.2) is 73.7 Å². The zero-order valence-electron chi connectivity index (χ0n) is 21.6. The van der Waals surface area contributed by atoms with Crippen molar-refractivity contribution in [2.75, 3.05) is 44.0 Å². The molecule has 1 amide bonds. The van der Waals surface area contributed by atoms with E-state index < -0.39 is 27.2 Å². The Labute approximate surface area is 216 Å². The van der Waals surface area contributed by atoms with Gasteiger partial charge in [-0.05, 0) is 44.5 Å². The number of aromatic amines is 1.